The summed E-state index contributed by atoms with van der Waals surface area (Å²) in [7, 11) is 0. The largest absolute Gasteiger partial charge is 0.381 e. The van der Waals surface area contributed by atoms with E-state index < -0.39 is 0 Å². The van der Waals surface area contributed by atoms with Gasteiger partial charge >= 0.3 is 5.69 Å². The molecule has 8 nitrogen and oxygen atoms in total. The van der Waals surface area contributed by atoms with E-state index in [1.165, 1.54) is 6.33 Å². The second kappa shape index (κ2) is 9.99. The van der Waals surface area contributed by atoms with Gasteiger partial charge in [0.1, 0.15) is 6.33 Å². The maximum Gasteiger partial charge on any atom is 0.353 e. The van der Waals surface area contributed by atoms with Gasteiger partial charge in [-0.1, -0.05) is 60.7 Å². The lowest BCUT2D eigenvalue weighted by atomic mass is 10.1. The lowest BCUT2D eigenvalue weighted by molar-refractivity contribution is -0.383. The van der Waals surface area contributed by atoms with Crippen molar-refractivity contribution in [2.24, 2.45) is 0 Å². The number of hydrogen-bond acceptors (Lipinski definition) is 7. The molecule has 0 aliphatic carbocycles. The molecule has 3 aromatic rings. The first-order valence-electron chi connectivity index (χ1n) is 10.4. The van der Waals surface area contributed by atoms with Crippen molar-refractivity contribution in [3.05, 3.63) is 88.2 Å². The molecule has 0 saturated carbocycles. The van der Waals surface area contributed by atoms with Crippen LogP contribution in [-0.4, -0.2) is 34.1 Å². The zero-order valence-electron chi connectivity index (χ0n) is 17.2. The molecule has 0 atom stereocenters. The average molecular weight is 419 g/mol. The highest BCUT2D eigenvalue weighted by molar-refractivity contribution is 5.70. The van der Waals surface area contributed by atoms with Crippen LogP contribution in [-0.2, 0) is 17.8 Å². The van der Waals surface area contributed by atoms with Gasteiger partial charge < -0.3 is 15.0 Å². The number of aromatic nitrogens is 2. The normalized spacial score (nSPS) is 14.2. The van der Waals surface area contributed by atoms with Crippen LogP contribution in [0.1, 0.15) is 24.0 Å². The number of nitrogens with zero attached hydrogens (tertiary/aromatic N) is 4. The van der Waals surface area contributed by atoms with Gasteiger partial charge in [0.15, 0.2) is 0 Å². The minimum atomic E-state index is -0.389. The topological polar surface area (TPSA) is 93.4 Å². The van der Waals surface area contributed by atoms with E-state index in [-0.39, 0.29) is 22.5 Å². The van der Waals surface area contributed by atoms with Crippen LogP contribution in [0.2, 0.25) is 0 Å². The molecule has 1 aromatic heterocycles. The number of nitrogens with one attached hydrogen (secondary N) is 1. The summed E-state index contributed by atoms with van der Waals surface area (Å²) in [4.78, 5) is 22.2. The molecule has 0 spiro atoms. The molecule has 2 aromatic carbocycles. The predicted octanol–water partition coefficient (Wildman–Crippen LogP) is 4.18. The molecule has 1 N–H and O–H groups in total. The van der Waals surface area contributed by atoms with E-state index in [0.29, 0.717) is 32.1 Å². The molecule has 8 heteroatoms. The van der Waals surface area contributed by atoms with Gasteiger partial charge in [-0.3, -0.25) is 10.1 Å². The summed E-state index contributed by atoms with van der Waals surface area (Å²) in [6.45, 7) is 2.25. The van der Waals surface area contributed by atoms with Crippen LogP contribution in [0.15, 0.2) is 67.0 Å². The van der Waals surface area contributed by atoms with Crippen molar-refractivity contribution in [1.29, 1.82) is 0 Å². The SMILES string of the molecule is O=[N+]([O-])c1c(NC2CCOCC2)ncnc1N(Cc1ccccc1)Cc1ccccc1. The first-order valence-corrected chi connectivity index (χ1v) is 10.4. The monoisotopic (exact) mass is 419 g/mol. The van der Waals surface area contributed by atoms with E-state index in [2.05, 4.69) is 15.3 Å². The fourth-order valence-electron chi connectivity index (χ4n) is 3.72. The van der Waals surface area contributed by atoms with Crippen molar-refractivity contribution < 1.29 is 9.66 Å². The number of anilines is 2. The number of rotatable bonds is 8. The standard InChI is InChI=1S/C23H25N5O3/c29-28(30)21-22(26-20-11-13-31-14-12-20)24-17-25-23(21)27(15-18-7-3-1-4-8-18)16-19-9-5-2-6-10-19/h1-10,17,20H,11-16H2,(H,24,25,26). The van der Waals surface area contributed by atoms with Crippen LogP contribution in [0.4, 0.5) is 17.3 Å². The summed E-state index contributed by atoms with van der Waals surface area (Å²) >= 11 is 0. The summed E-state index contributed by atoms with van der Waals surface area (Å²) < 4.78 is 5.39. The fourth-order valence-corrected chi connectivity index (χ4v) is 3.72. The molecule has 31 heavy (non-hydrogen) atoms. The van der Waals surface area contributed by atoms with E-state index in [1.54, 1.807) is 0 Å². The third-order valence-electron chi connectivity index (χ3n) is 5.28. The second-order valence-electron chi connectivity index (χ2n) is 7.51. The summed E-state index contributed by atoms with van der Waals surface area (Å²) in [6.07, 6.45) is 2.97. The van der Waals surface area contributed by atoms with Crippen LogP contribution in [0.3, 0.4) is 0 Å². The lowest BCUT2D eigenvalue weighted by Crippen LogP contribution is -2.29. The molecule has 4 rings (SSSR count). The van der Waals surface area contributed by atoms with E-state index in [0.717, 1.165) is 24.0 Å². The molecule has 1 fully saturated rings. The van der Waals surface area contributed by atoms with Crippen LogP contribution < -0.4 is 10.2 Å². The Morgan fingerprint density at radius 2 is 1.55 bits per heavy atom. The van der Waals surface area contributed by atoms with Crippen molar-refractivity contribution in [2.45, 2.75) is 32.0 Å². The fraction of sp³-hybridized carbons (Fsp3) is 0.304. The highest BCUT2D eigenvalue weighted by atomic mass is 16.6. The smallest absolute Gasteiger partial charge is 0.353 e. The van der Waals surface area contributed by atoms with Gasteiger partial charge in [-0.05, 0) is 24.0 Å². The van der Waals surface area contributed by atoms with Crippen LogP contribution >= 0.6 is 0 Å². The average Bonchev–Trinajstić information content (AvgIpc) is 2.80. The molecule has 2 heterocycles. The first kappa shape index (κ1) is 20.7. The zero-order chi connectivity index (χ0) is 21.5. The van der Waals surface area contributed by atoms with Crippen LogP contribution in [0.5, 0.6) is 0 Å². The molecule has 0 bridgehead atoms. The number of ether oxygens (including phenoxy) is 1. The maximum absolute atomic E-state index is 12.1. The third kappa shape index (κ3) is 5.35. The predicted molar refractivity (Wildman–Crippen MR) is 119 cm³/mol. The minimum absolute atomic E-state index is 0.0897. The Balaban J connectivity index is 1.70. The number of nitro groups is 1. The van der Waals surface area contributed by atoms with Gasteiger partial charge in [-0.15, -0.1) is 0 Å². The van der Waals surface area contributed by atoms with Gasteiger partial charge in [0, 0.05) is 32.3 Å². The summed E-state index contributed by atoms with van der Waals surface area (Å²) in [5.74, 6) is 0.565. The summed E-state index contributed by atoms with van der Waals surface area (Å²) in [5, 5.41) is 15.4. The summed E-state index contributed by atoms with van der Waals surface area (Å²) in [5.41, 5.74) is 2.00. The van der Waals surface area contributed by atoms with Gasteiger partial charge in [-0.25, -0.2) is 9.97 Å². The zero-order valence-corrected chi connectivity index (χ0v) is 17.2. The van der Waals surface area contributed by atoms with E-state index in [9.17, 15) is 10.1 Å². The van der Waals surface area contributed by atoms with E-state index >= 15 is 0 Å². The van der Waals surface area contributed by atoms with Crippen molar-refractivity contribution >= 4 is 17.3 Å². The molecule has 0 radical (unpaired) electrons. The highest BCUT2D eigenvalue weighted by Crippen LogP contribution is 2.34. The molecule has 160 valence electrons. The van der Waals surface area contributed by atoms with Crippen LogP contribution in [0, 0.1) is 10.1 Å². The first-order chi connectivity index (χ1) is 15.2. The summed E-state index contributed by atoms with van der Waals surface area (Å²) in [6, 6.07) is 19.9. The minimum Gasteiger partial charge on any atom is -0.381 e. The Bertz CT molecular complexity index is 953. The molecule has 1 aliphatic rings. The Hall–Kier alpha value is -3.52. The molecular formula is C23H25N5O3. The second-order valence-corrected chi connectivity index (χ2v) is 7.51. The Morgan fingerprint density at radius 3 is 2.10 bits per heavy atom. The highest BCUT2D eigenvalue weighted by Gasteiger charge is 2.29. The van der Waals surface area contributed by atoms with Gasteiger partial charge in [-0.2, -0.15) is 0 Å². The van der Waals surface area contributed by atoms with E-state index in [4.69, 9.17) is 4.74 Å². The molecule has 0 amide bonds. The van der Waals surface area contributed by atoms with Crippen molar-refractivity contribution in [3.8, 4) is 0 Å². The van der Waals surface area contributed by atoms with E-state index in [1.807, 2.05) is 65.6 Å². The van der Waals surface area contributed by atoms with Crippen molar-refractivity contribution in [2.75, 3.05) is 23.4 Å². The van der Waals surface area contributed by atoms with Gasteiger partial charge in [0.05, 0.1) is 4.92 Å². The number of hydrogen-bond donors (Lipinski definition) is 1. The van der Waals surface area contributed by atoms with Crippen LogP contribution in [0.25, 0.3) is 0 Å². The van der Waals surface area contributed by atoms with Gasteiger partial charge in [0.25, 0.3) is 0 Å². The Kier molecular flexibility index (Phi) is 6.68. The van der Waals surface area contributed by atoms with Crippen molar-refractivity contribution in [3.63, 3.8) is 0 Å². The lowest BCUT2D eigenvalue weighted by Gasteiger charge is -2.26. The maximum atomic E-state index is 12.1. The molecule has 0 unspecified atom stereocenters. The molecule has 1 aliphatic heterocycles. The molecular weight excluding hydrogens is 394 g/mol. The van der Waals surface area contributed by atoms with Gasteiger partial charge in [0.2, 0.25) is 11.6 Å². The Morgan fingerprint density at radius 1 is 0.968 bits per heavy atom. The Labute approximate surface area is 181 Å². The third-order valence-corrected chi connectivity index (χ3v) is 5.28. The number of benzene rings is 2. The van der Waals surface area contributed by atoms with Crippen molar-refractivity contribution in [1.82, 2.24) is 9.97 Å². The molecule has 1 saturated heterocycles. The quantitative estimate of drug-likeness (QED) is 0.432.